The summed E-state index contributed by atoms with van der Waals surface area (Å²) >= 11 is 0. The predicted octanol–water partition coefficient (Wildman–Crippen LogP) is -2.09. The van der Waals surface area contributed by atoms with E-state index in [0.29, 0.717) is 0 Å². The van der Waals surface area contributed by atoms with Gasteiger partial charge in [-0.25, -0.2) is 9.44 Å². The first-order valence-corrected chi connectivity index (χ1v) is 7.70. The summed E-state index contributed by atoms with van der Waals surface area (Å²) in [4.78, 5) is 20.9. The number of rotatable bonds is 0. The molecule has 10 nitrogen and oxygen atoms in total. The first-order chi connectivity index (χ1) is 8.99. The molecule has 2 heterocycles. The predicted molar refractivity (Wildman–Crippen MR) is 71.0 cm³/mol. The monoisotopic (exact) mass is 366 g/mol. The van der Waals surface area contributed by atoms with Crippen molar-refractivity contribution in [1.29, 1.82) is 0 Å². The first kappa shape index (κ1) is 20.6. The van der Waals surface area contributed by atoms with Crippen LogP contribution >= 0.6 is 0 Å². The van der Waals surface area contributed by atoms with Crippen molar-refractivity contribution >= 4 is 83.8 Å². The molecule has 2 rings (SSSR count). The zero-order chi connectivity index (χ0) is 15.6. The van der Waals surface area contributed by atoms with Gasteiger partial charge in [0.1, 0.15) is 11.5 Å². The van der Waals surface area contributed by atoms with Crippen molar-refractivity contribution in [3.05, 3.63) is 23.7 Å². The molecule has 2 amide bonds. The number of allylic oxidation sites excluding steroid dienone is 2. The van der Waals surface area contributed by atoms with Crippen LogP contribution in [0.25, 0.3) is 0 Å². The number of hydrogen-bond acceptors (Lipinski definition) is 8. The quantitative estimate of drug-likeness (QED) is 0.464. The van der Waals surface area contributed by atoms with E-state index in [-0.39, 0.29) is 62.9 Å². The van der Waals surface area contributed by atoms with Crippen LogP contribution in [0.5, 0.6) is 0 Å². The molecule has 0 unspecified atom stereocenters. The van der Waals surface area contributed by atoms with E-state index < -0.39 is 32.4 Å². The topological polar surface area (TPSA) is 145 Å². The summed E-state index contributed by atoms with van der Waals surface area (Å²) in [6.07, 6.45) is 2.11. The van der Waals surface area contributed by atoms with Crippen LogP contribution in [0.3, 0.4) is 0 Å². The van der Waals surface area contributed by atoms with Crippen LogP contribution in [0.1, 0.15) is 13.8 Å². The summed E-state index contributed by atoms with van der Waals surface area (Å²) in [5.41, 5.74) is 0. The van der Waals surface area contributed by atoms with E-state index in [2.05, 4.69) is 8.37 Å². The molecule has 114 valence electrons. The summed E-state index contributed by atoms with van der Waals surface area (Å²) in [6, 6.07) is 0. The molecule has 0 atom stereocenters. The third-order valence-electron chi connectivity index (χ3n) is 1.60. The van der Waals surface area contributed by atoms with Crippen LogP contribution in [-0.2, 0) is 38.6 Å². The third-order valence-corrected chi connectivity index (χ3v) is 3.47. The molecule has 2 aliphatic rings. The molecule has 0 bridgehead atoms. The van der Waals surface area contributed by atoms with E-state index in [0.717, 1.165) is 12.2 Å². The van der Waals surface area contributed by atoms with Crippen LogP contribution < -0.4 is 9.44 Å². The number of carbonyl (C=O) groups is 2. The van der Waals surface area contributed by atoms with Gasteiger partial charge in [-0.05, 0) is 13.8 Å². The molecule has 21 heavy (non-hydrogen) atoms. The maximum atomic E-state index is 10.5. The summed E-state index contributed by atoms with van der Waals surface area (Å²) in [5, 5.41) is 0. The second-order valence-corrected chi connectivity index (χ2v) is 6.08. The van der Waals surface area contributed by atoms with Crippen molar-refractivity contribution in [2.75, 3.05) is 0 Å². The average molecular weight is 366 g/mol. The molecule has 0 aliphatic carbocycles. The Labute approximate surface area is 163 Å². The minimum absolute atomic E-state index is 0. The maximum absolute atomic E-state index is 10.5. The summed E-state index contributed by atoms with van der Waals surface area (Å²) in [6.45, 7) is 2.77. The van der Waals surface area contributed by atoms with Gasteiger partial charge in [0.2, 0.25) is 0 Å². The van der Waals surface area contributed by atoms with Crippen LogP contribution in [0.15, 0.2) is 23.7 Å². The molecule has 0 saturated heterocycles. The van der Waals surface area contributed by atoms with E-state index in [4.69, 9.17) is 0 Å². The van der Waals surface area contributed by atoms with Gasteiger partial charge in [-0.1, -0.05) is 0 Å². The zero-order valence-corrected chi connectivity index (χ0v) is 11.9. The number of nitrogens with one attached hydrogen (secondary N) is 2. The summed E-state index contributed by atoms with van der Waals surface area (Å²) in [7, 11) is -7.70. The molecule has 0 aromatic carbocycles. The van der Waals surface area contributed by atoms with E-state index >= 15 is 0 Å². The van der Waals surface area contributed by atoms with E-state index in [1.807, 2.05) is 0 Å². The molecular formula is C8H11KN2O8S2. The molecule has 0 fully saturated rings. The number of amides is 2. The van der Waals surface area contributed by atoms with Gasteiger partial charge >= 0.3 is 72.0 Å². The van der Waals surface area contributed by atoms with Gasteiger partial charge in [-0.2, -0.15) is 16.8 Å². The molecule has 0 spiro atoms. The standard InChI is InChI=1S/2C4H5NO4S.K.H/c2*1-3-2-4(6)5-10(7,8)9-3;;/h2*2H,1H3,(H,5,6);;. The van der Waals surface area contributed by atoms with Crippen molar-refractivity contribution in [3.8, 4) is 0 Å². The van der Waals surface area contributed by atoms with Crippen molar-refractivity contribution < 1.29 is 34.8 Å². The Bertz CT molecular complexity index is 645. The summed E-state index contributed by atoms with van der Waals surface area (Å²) < 4.78 is 53.6. The van der Waals surface area contributed by atoms with Crippen molar-refractivity contribution in [2.45, 2.75) is 13.8 Å². The van der Waals surface area contributed by atoms with Gasteiger partial charge in [0.05, 0.1) is 0 Å². The number of hydrogen-bond donors (Lipinski definition) is 2. The van der Waals surface area contributed by atoms with Crippen molar-refractivity contribution in [3.63, 3.8) is 0 Å². The molecular weight excluding hydrogens is 355 g/mol. The molecule has 0 aromatic rings. The van der Waals surface area contributed by atoms with Crippen LogP contribution in [0.2, 0.25) is 0 Å². The third kappa shape index (κ3) is 7.94. The Kier molecular flexibility index (Phi) is 7.55. The second kappa shape index (κ2) is 7.71. The zero-order valence-electron chi connectivity index (χ0n) is 10.2. The Balaban J connectivity index is 0.000000364. The van der Waals surface area contributed by atoms with E-state index in [9.17, 15) is 26.4 Å². The molecule has 2 aliphatic heterocycles. The first-order valence-electron chi connectivity index (χ1n) is 4.88. The van der Waals surface area contributed by atoms with Gasteiger partial charge in [0, 0.05) is 12.2 Å². The molecule has 13 heteroatoms. The Morgan fingerprint density at radius 2 is 1.10 bits per heavy atom. The van der Waals surface area contributed by atoms with Gasteiger partial charge in [0.15, 0.2) is 0 Å². The summed E-state index contributed by atoms with van der Waals surface area (Å²) in [5.74, 6) is -1.21. The fraction of sp³-hybridized carbons (Fsp3) is 0.250. The van der Waals surface area contributed by atoms with Crippen molar-refractivity contribution in [1.82, 2.24) is 9.44 Å². The van der Waals surface area contributed by atoms with Gasteiger partial charge in [-0.3, -0.25) is 9.59 Å². The van der Waals surface area contributed by atoms with Crippen LogP contribution in [0.4, 0.5) is 0 Å². The fourth-order valence-electron chi connectivity index (χ4n) is 1.11. The van der Waals surface area contributed by atoms with E-state index in [1.165, 1.54) is 13.8 Å². The Hall–Kier alpha value is -0.444. The fourth-order valence-corrected chi connectivity index (χ4v) is 2.59. The molecule has 2 N–H and O–H groups in total. The minimum atomic E-state index is -3.85. The van der Waals surface area contributed by atoms with Crippen LogP contribution in [0, 0.1) is 0 Å². The average Bonchev–Trinajstić information content (AvgIpc) is 2.08. The van der Waals surface area contributed by atoms with Gasteiger partial charge in [0.25, 0.3) is 11.8 Å². The van der Waals surface area contributed by atoms with E-state index in [1.54, 1.807) is 9.44 Å². The second-order valence-electron chi connectivity index (χ2n) is 3.52. The van der Waals surface area contributed by atoms with Gasteiger partial charge in [-0.15, -0.1) is 0 Å². The normalized spacial score (nSPS) is 21.4. The van der Waals surface area contributed by atoms with Crippen molar-refractivity contribution in [2.24, 2.45) is 0 Å². The molecule has 0 radical (unpaired) electrons. The SMILES string of the molecule is CC1=CC(=O)NS(=O)(=O)O1.CC1=CC(=O)NS(=O)(=O)O1.[KH]. The van der Waals surface area contributed by atoms with Gasteiger partial charge < -0.3 is 8.37 Å². The molecule has 0 aromatic heterocycles. The molecule has 0 saturated carbocycles. The number of carbonyl (C=O) groups excluding carboxylic acids is 2. The Morgan fingerprint density at radius 3 is 1.29 bits per heavy atom. The Morgan fingerprint density at radius 1 is 0.810 bits per heavy atom. The van der Waals surface area contributed by atoms with Crippen LogP contribution in [-0.4, -0.2) is 80.0 Å².